The average Bonchev–Trinajstić information content (AvgIpc) is 2.89. The molecular weight excluding hydrogens is 508 g/mol. The van der Waals surface area contributed by atoms with Crippen molar-refractivity contribution < 1.29 is 17.9 Å². The van der Waals surface area contributed by atoms with Gasteiger partial charge in [-0.2, -0.15) is 4.31 Å². The van der Waals surface area contributed by atoms with Gasteiger partial charge in [0, 0.05) is 36.1 Å². The van der Waals surface area contributed by atoms with Crippen molar-refractivity contribution in [2.24, 2.45) is 4.99 Å². The van der Waals surface area contributed by atoms with E-state index in [1.165, 1.54) is 29.0 Å². The first kappa shape index (κ1) is 25.8. The molecule has 1 saturated carbocycles. The molecule has 0 radical (unpaired) electrons. The number of sulfonamides is 1. The number of rotatable bonds is 9. The molecule has 0 unspecified atom stereocenters. The molecule has 0 amide bonds. The molecule has 0 atom stereocenters. The number of methoxy groups -OCH3 is 1. The highest BCUT2D eigenvalue weighted by molar-refractivity contribution is 7.89. The third kappa shape index (κ3) is 4.88. The van der Waals surface area contributed by atoms with Gasteiger partial charge in [-0.15, -0.1) is 0 Å². The second-order valence-corrected chi connectivity index (χ2v) is 12.0. The van der Waals surface area contributed by atoms with Crippen molar-refractivity contribution in [1.82, 2.24) is 4.31 Å². The van der Waals surface area contributed by atoms with Crippen LogP contribution >= 0.6 is 11.6 Å². The maximum absolute atomic E-state index is 13.1. The fourth-order valence-electron chi connectivity index (χ4n) is 5.24. The Balaban J connectivity index is 1.32. The molecular formula is C29H31ClN2O4S. The molecule has 8 heteroatoms. The molecule has 1 aliphatic heterocycles. The lowest BCUT2D eigenvalue weighted by Crippen LogP contribution is -2.44. The molecule has 0 N–H and O–H groups in total. The van der Waals surface area contributed by atoms with E-state index in [0.717, 1.165) is 42.1 Å². The van der Waals surface area contributed by atoms with E-state index in [2.05, 4.69) is 24.3 Å². The van der Waals surface area contributed by atoms with E-state index in [4.69, 9.17) is 26.1 Å². The highest BCUT2D eigenvalue weighted by Gasteiger charge is 2.45. The third-order valence-corrected chi connectivity index (χ3v) is 9.63. The van der Waals surface area contributed by atoms with Crippen LogP contribution in [-0.4, -0.2) is 52.3 Å². The van der Waals surface area contributed by atoms with Crippen LogP contribution in [0.2, 0.25) is 5.02 Å². The second kappa shape index (κ2) is 10.5. The average molecular weight is 539 g/mol. The minimum Gasteiger partial charge on any atom is -0.495 e. The topological polar surface area (TPSA) is 68.2 Å². The first-order valence-electron chi connectivity index (χ1n) is 12.5. The van der Waals surface area contributed by atoms with Gasteiger partial charge in [-0.25, -0.2) is 8.42 Å². The molecule has 0 bridgehead atoms. The standard InChI is InChI=1S/C29H31ClN2O4S/c1-32(37(33,34)27-7-4-3-6-26(27)35-2)18-19-36-24-13-8-21-14-17-31-28(25(21)20-24)29(15-5-16-29)22-9-11-23(30)12-10-22/h3-4,6-13,20H,5,14-19H2,1-2H3. The van der Waals surface area contributed by atoms with Crippen LogP contribution in [-0.2, 0) is 21.9 Å². The lowest BCUT2D eigenvalue weighted by Gasteiger charge is -2.45. The van der Waals surface area contributed by atoms with Gasteiger partial charge in [0.2, 0.25) is 10.0 Å². The molecule has 0 spiro atoms. The summed E-state index contributed by atoms with van der Waals surface area (Å²) in [6.07, 6.45) is 4.18. The van der Waals surface area contributed by atoms with Crippen LogP contribution in [0.4, 0.5) is 0 Å². The number of halogens is 1. The van der Waals surface area contributed by atoms with Crippen molar-refractivity contribution in [2.75, 3.05) is 33.9 Å². The van der Waals surface area contributed by atoms with Gasteiger partial charge in [-0.3, -0.25) is 4.99 Å². The fraction of sp³-hybridized carbons (Fsp3) is 0.345. The first-order chi connectivity index (χ1) is 17.8. The van der Waals surface area contributed by atoms with Gasteiger partial charge >= 0.3 is 0 Å². The Hall–Kier alpha value is -2.87. The Labute approximate surface area is 223 Å². The van der Waals surface area contributed by atoms with Gasteiger partial charge in [0.15, 0.2) is 0 Å². The molecule has 1 heterocycles. The molecule has 1 aliphatic carbocycles. The van der Waals surface area contributed by atoms with Crippen LogP contribution in [0.5, 0.6) is 11.5 Å². The molecule has 1 fully saturated rings. The summed E-state index contributed by atoms with van der Waals surface area (Å²) in [5.41, 5.74) is 4.69. The van der Waals surface area contributed by atoms with Crippen molar-refractivity contribution in [3.63, 3.8) is 0 Å². The molecule has 194 valence electrons. The predicted molar refractivity (Wildman–Crippen MR) is 147 cm³/mol. The quantitative estimate of drug-likeness (QED) is 0.360. The Kier molecular flexibility index (Phi) is 7.30. The summed E-state index contributed by atoms with van der Waals surface area (Å²) in [6, 6.07) is 20.9. The lowest BCUT2D eigenvalue weighted by atomic mass is 9.59. The first-order valence-corrected chi connectivity index (χ1v) is 14.3. The summed E-state index contributed by atoms with van der Waals surface area (Å²) in [4.78, 5) is 5.17. The maximum atomic E-state index is 13.1. The van der Waals surface area contributed by atoms with Crippen molar-refractivity contribution in [3.05, 3.63) is 88.4 Å². The summed E-state index contributed by atoms with van der Waals surface area (Å²) in [5.74, 6) is 1.03. The molecule has 5 rings (SSSR count). The highest BCUT2D eigenvalue weighted by atomic mass is 35.5. The summed E-state index contributed by atoms with van der Waals surface area (Å²) in [5, 5.41) is 0.734. The lowest BCUT2D eigenvalue weighted by molar-refractivity contribution is 0.286. The highest BCUT2D eigenvalue weighted by Crippen LogP contribution is 2.48. The van der Waals surface area contributed by atoms with Crippen molar-refractivity contribution in [2.45, 2.75) is 36.0 Å². The number of benzene rings is 3. The van der Waals surface area contributed by atoms with Crippen molar-refractivity contribution in [1.29, 1.82) is 0 Å². The van der Waals surface area contributed by atoms with Crippen LogP contribution in [0.3, 0.4) is 0 Å². The zero-order chi connectivity index (χ0) is 26.0. The molecule has 3 aromatic rings. The van der Waals surface area contributed by atoms with Gasteiger partial charge in [0.05, 0.1) is 12.8 Å². The number of hydrogen-bond acceptors (Lipinski definition) is 5. The van der Waals surface area contributed by atoms with E-state index in [1.54, 1.807) is 31.3 Å². The Morgan fingerprint density at radius 2 is 1.81 bits per heavy atom. The monoisotopic (exact) mass is 538 g/mol. The van der Waals surface area contributed by atoms with Crippen molar-refractivity contribution >= 4 is 27.3 Å². The van der Waals surface area contributed by atoms with Crippen LogP contribution in [0.1, 0.15) is 36.0 Å². The van der Waals surface area contributed by atoms with E-state index in [9.17, 15) is 8.42 Å². The Morgan fingerprint density at radius 3 is 2.51 bits per heavy atom. The minimum absolute atomic E-state index is 0.0958. The van der Waals surface area contributed by atoms with Gasteiger partial charge in [0.25, 0.3) is 0 Å². The number of nitrogens with zero attached hydrogens (tertiary/aromatic N) is 2. The van der Waals surface area contributed by atoms with Crippen LogP contribution in [0.25, 0.3) is 0 Å². The predicted octanol–water partition coefficient (Wildman–Crippen LogP) is 5.52. The van der Waals surface area contributed by atoms with Crippen LogP contribution < -0.4 is 9.47 Å². The minimum atomic E-state index is -3.71. The molecule has 6 nitrogen and oxygen atoms in total. The van der Waals surface area contributed by atoms with E-state index in [-0.39, 0.29) is 23.5 Å². The second-order valence-electron chi connectivity index (χ2n) is 9.57. The van der Waals surface area contributed by atoms with Crippen molar-refractivity contribution in [3.8, 4) is 11.5 Å². The van der Waals surface area contributed by atoms with Gasteiger partial charge in [0.1, 0.15) is 23.0 Å². The molecule has 3 aromatic carbocycles. The van der Waals surface area contributed by atoms with Crippen LogP contribution in [0.15, 0.2) is 76.6 Å². The van der Waals surface area contributed by atoms with E-state index >= 15 is 0 Å². The number of fused-ring (bicyclic) bond motifs is 1. The number of aliphatic imine (C=N–C) groups is 1. The maximum Gasteiger partial charge on any atom is 0.246 e. The molecule has 0 saturated heterocycles. The number of para-hydroxylation sites is 1. The largest absolute Gasteiger partial charge is 0.495 e. The summed E-state index contributed by atoms with van der Waals surface area (Å²) >= 11 is 6.17. The number of ether oxygens (including phenoxy) is 2. The third-order valence-electron chi connectivity index (χ3n) is 7.48. The summed E-state index contributed by atoms with van der Waals surface area (Å²) in [7, 11) is -0.693. The van der Waals surface area contributed by atoms with Crippen LogP contribution in [0, 0.1) is 0 Å². The molecule has 0 aromatic heterocycles. The Morgan fingerprint density at radius 1 is 1.05 bits per heavy atom. The van der Waals surface area contributed by atoms with Gasteiger partial charge in [-0.1, -0.05) is 48.4 Å². The summed E-state index contributed by atoms with van der Waals surface area (Å²) < 4.78 is 38.7. The Bertz CT molecular complexity index is 1420. The normalized spacial score (nSPS) is 16.5. The fourth-order valence-corrected chi connectivity index (χ4v) is 6.67. The zero-order valence-electron chi connectivity index (χ0n) is 21.1. The van der Waals surface area contributed by atoms with Gasteiger partial charge in [-0.05, 0) is 66.8 Å². The van der Waals surface area contributed by atoms with E-state index in [1.807, 2.05) is 18.2 Å². The van der Waals surface area contributed by atoms with E-state index in [0.29, 0.717) is 11.5 Å². The molecule has 2 aliphatic rings. The number of likely N-dealkylation sites (N-methyl/N-ethyl adjacent to an activating group) is 1. The molecule has 37 heavy (non-hydrogen) atoms. The number of hydrogen-bond donors (Lipinski definition) is 0. The van der Waals surface area contributed by atoms with Gasteiger partial charge < -0.3 is 9.47 Å². The zero-order valence-corrected chi connectivity index (χ0v) is 22.7. The summed E-state index contributed by atoms with van der Waals surface area (Å²) in [6.45, 7) is 1.20. The smallest absolute Gasteiger partial charge is 0.246 e. The SMILES string of the molecule is COc1ccccc1S(=O)(=O)N(C)CCOc1ccc2c(c1)C(C1(c3ccc(Cl)cc3)CCC1)=NCC2. The van der Waals surface area contributed by atoms with E-state index < -0.39 is 10.0 Å².